The number of unbranched alkanes of at least 4 members (excludes halogenated alkanes) is 1. The minimum Gasteiger partial charge on any atom is -0.477 e. The van der Waals surface area contributed by atoms with Crippen molar-refractivity contribution in [3.63, 3.8) is 0 Å². The molecule has 1 aromatic heterocycles. The van der Waals surface area contributed by atoms with Gasteiger partial charge in [-0.2, -0.15) is 0 Å². The summed E-state index contributed by atoms with van der Waals surface area (Å²) in [6.45, 7) is 2.12. The van der Waals surface area contributed by atoms with Gasteiger partial charge in [-0.3, -0.25) is 9.59 Å². The molecule has 7 heteroatoms. The molecule has 2 amide bonds. The molecule has 3 N–H and O–H groups in total. The monoisotopic (exact) mass is 279 g/mol. The highest BCUT2D eigenvalue weighted by Crippen LogP contribution is 2.06. The van der Waals surface area contributed by atoms with E-state index < -0.39 is 17.8 Å². The van der Waals surface area contributed by atoms with Gasteiger partial charge in [0.2, 0.25) is 5.91 Å². The van der Waals surface area contributed by atoms with Gasteiger partial charge in [0, 0.05) is 6.54 Å². The fourth-order valence-corrected chi connectivity index (χ4v) is 1.62. The molecule has 108 valence electrons. The van der Waals surface area contributed by atoms with Gasteiger partial charge in [-0.25, -0.2) is 9.78 Å². The van der Waals surface area contributed by atoms with Crippen molar-refractivity contribution < 1.29 is 19.5 Å². The molecule has 0 aromatic carbocycles. The van der Waals surface area contributed by atoms with E-state index in [1.54, 1.807) is 0 Å². The van der Waals surface area contributed by atoms with Crippen LogP contribution >= 0.6 is 0 Å². The Hall–Kier alpha value is -2.44. The van der Waals surface area contributed by atoms with Crippen LogP contribution in [0.1, 0.15) is 40.7 Å². The molecule has 0 aliphatic carbocycles. The molecule has 0 radical (unpaired) electrons. The highest BCUT2D eigenvalue weighted by molar-refractivity contribution is 5.96. The van der Waals surface area contributed by atoms with Crippen LogP contribution in [0.25, 0.3) is 0 Å². The molecule has 1 rings (SSSR count). The van der Waals surface area contributed by atoms with Gasteiger partial charge < -0.3 is 15.7 Å². The zero-order chi connectivity index (χ0) is 15.1. The van der Waals surface area contributed by atoms with Gasteiger partial charge in [0.25, 0.3) is 5.91 Å². The number of aromatic carboxylic acids is 1. The summed E-state index contributed by atoms with van der Waals surface area (Å²) in [6, 6.07) is 4.14. The lowest BCUT2D eigenvalue weighted by atomic mass is 10.2. The second kappa shape index (κ2) is 7.22. The SMILES string of the molecule is CCCCN(CC(N)=O)C(=O)c1cccc(C(=O)O)n1. The van der Waals surface area contributed by atoms with Crippen molar-refractivity contribution in [1.29, 1.82) is 0 Å². The van der Waals surface area contributed by atoms with Crippen LogP contribution in [0.2, 0.25) is 0 Å². The molecule has 1 heterocycles. The quantitative estimate of drug-likeness (QED) is 0.754. The largest absolute Gasteiger partial charge is 0.477 e. The van der Waals surface area contributed by atoms with E-state index in [4.69, 9.17) is 10.8 Å². The normalized spacial score (nSPS) is 10.1. The lowest BCUT2D eigenvalue weighted by Gasteiger charge is -2.20. The van der Waals surface area contributed by atoms with Crippen LogP contribution in [0.4, 0.5) is 0 Å². The third-order valence-corrected chi connectivity index (χ3v) is 2.60. The second-order valence-electron chi connectivity index (χ2n) is 4.26. The molecule has 20 heavy (non-hydrogen) atoms. The molecule has 0 atom stereocenters. The van der Waals surface area contributed by atoms with E-state index in [0.717, 1.165) is 12.8 Å². The van der Waals surface area contributed by atoms with Gasteiger partial charge >= 0.3 is 5.97 Å². The lowest BCUT2D eigenvalue weighted by Crippen LogP contribution is -2.39. The van der Waals surface area contributed by atoms with E-state index >= 15 is 0 Å². The summed E-state index contributed by atoms with van der Waals surface area (Å²) in [7, 11) is 0. The van der Waals surface area contributed by atoms with Crippen LogP contribution in [0.15, 0.2) is 18.2 Å². The van der Waals surface area contributed by atoms with Gasteiger partial charge in [-0.15, -0.1) is 0 Å². The molecule has 1 aromatic rings. The molecular weight excluding hydrogens is 262 g/mol. The summed E-state index contributed by atoms with van der Waals surface area (Å²) >= 11 is 0. The van der Waals surface area contributed by atoms with Crippen LogP contribution in [-0.4, -0.2) is 45.9 Å². The molecule has 0 aliphatic heterocycles. The number of primary amides is 1. The molecule has 0 fully saturated rings. The molecule has 0 saturated heterocycles. The van der Waals surface area contributed by atoms with E-state index in [1.165, 1.54) is 23.1 Å². The summed E-state index contributed by atoms with van der Waals surface area (Å²) in [5.41, 5.74) is 4.88. The van der Waals surface area contributed by atoms with E-state index in [-0.39, 0.29) is 17.9 Å². The molecule has 0 aliphatic rings. The number of aromatic nitrogens is 1. The Morgan fingerprint density at radius 2 is 1.95 bits per heavy atom. The van der Waals surface area contributed by atoms with Gasteiger partial charge in [-0.1, -0.05) is 19.4 Å². The van der Waals surface area contributed by atoms with Gasteiger partial charge in [-0.05, 0) is 18.6 Å². The number of carbonyl (C=O) groups is 3. The van der Waals surface area contributed by atoms with E-state index in [0.29, 0.717) is 6.54 Å². The number of nitrogens with zero attached hydrogens (tertiary/aromatic N) is 2. The summed E-state index contributed by atoms with van der Waals surface area (Å²) in [5.74, 6) is -2.33. The topological polar surface area (TPSA) is 114 Å². The van der Waals surface area contributed by atoms with Crippen LogP contribution in [0.5, 0.6) is 0 Å². The van der Waals surface area contributed by atoms with Crippen molar-refractivity contribution in [3.8, 4) is 0 Å². The zero-order valence-electron chi connectivity index (χ0n) is 11.2. The number of carboxylic acid groups (broad SMARTS) is 1. The fraction of sp³-hybridized carbons (Fsp3) is 0.385. The fourth-order valence-electron chi connectivity index (χ4n) is 1.62. The first kappa shape index (κ1) is 15.6. The average Bonchev–Trinajstić information content (AvgIpc) is 2.42. The summed E-state index contributed by atoms with van der Waals surface area (Å²) < 4.78 is 0. The highest BCUT2D eigenvalue weighted by Gasteiger charge is 2.19. The number of carboxylic acids is 1. The van der Waals surface area contributed by atoms with Gasteiger partial charge in [0.15, 0.2) is 0 Å². The smallest absolute Gasteiger partial charge is 0.354 e. The first-order valence-electron chi connectivity index (χ1n) is 6.23. The number of amides is 2. The Balaban J connectivity index is 2.95. The van der Waals surface area contributed by atoms with Crippen molar-refractivity contribution in [2.24, 2.45) is 5.73 Å². The summed E-state index contributed by atoms with van der Waals surface area (Å²) in [6.07, 6.45) is 1.57. The van der Waals surface area contributed by atoms with E-state index in [9.17, 15) is 14.4 Å². The van der Waals surface area contributed by atoms with Gasteiger partial charge in [0.1, 0.15) is 11.4 Å². The standard InChI is InChI=1S/C13H17N3O4/c1-2-3-7-16(8-11(14)17)12(18)9-5-4-6-10(15-9)13(19)20/h4-6H,2-3,7-8H2,1H3,(H2,14,17)(H,19,20). The molecule has 0 spiro atoms. The van der Waals surface area contributed by atoms with Crippen molar-refractivity contribution in [2.75, 3.05) is 13.1 Å². The molecule has 0 unspecified atom stereocenters. The van der Waals surface area contributed by atoms with Crippen LogP contribution < -0.4 is 5.73 Å². The summed E-state index contributed by atoms with van der Waals surface area (Å²) in [4.78, 5) is 39.1. The predicted octanol–water partition coefficient (Wildman–Crippen LogP) is 0.507. The Morgan fingerprint density at radius 3 is 2.50 bits per heavy atom. The van der Waals surface area contributed by atoms with Crippen molar-refractivity contribution >= 4 is 17.8 Å². The number of rotatable bonds is 7. The maximum atomic E-state index is 12.2. The maximum absolute atomic E-state index is 12.2. The van der Waals surface area contributed by atoms with E-state index in [1.807, 2.05) is 6.92 Å². The van der Waals surface area contributed by atoms with Crippen molar-refractivity contribution in [1.82, 2.24) is 9.88 Å². The van der Waals surface area contributed by atoms with Gasteiger partial charge in [0.05, 0.1) is 6.54 Å². The third-order valence-electron chi connectivity index (χ3n) is 2.60. The Bertz CT molecular complexity index is 516. The van der Waals surface area contributed by atoms with E-state index in [2.05, 4.69) is 4.98 Å². The number of hydrogen-bond acceptors (Lipinski definition) is 4. The highest BCUT2D eigenvalue weighted by atomic mass is 16.4. The number of pyridine rings is 1. The Labute approximate surface area is 116 Å². The van der Waals surface area contributed by atoms with Crippen molar-refractivity contribution in [2.45, 2.75) is 19.8 Å². The minimum atomic E-state index is -1.21. The Kier molecular flexibility index (Phi) is 5.64. The van der Waals surface area contributed by atoms with Crippen LogP contribution in [-0.2, 0) is 4.79 Å². The first-order valence-corrected chi connectivity index (χ1v) is 6.23. The third kappa shape index (κ3) is 4.34. The van der Waals surface area contributed by atoms with Crippen LogP contribution in [0, 0.1) is 0 Å². The van der Waals surface area contributed by atoms with Crippen molar-refractivity contribution in [3.05, 3.63) is 29.6 Å². The number of carbonyl (C=O) groups excluding carboxylic acids is 2. The lowest BCUT2D eigenvalue weighted by molar-refractivity contribution is -0.118. The average molecular weight is 279 g/mol. The molecular formula is C13H17N3O4. The molecule has 7 nitrogen and oxygen atoms in total. The maximum Gasteiger partial charge on any atom is 0.354 e. The number of hydrogen-bond donors (Lipinski definition) is 2. The second-order valence-corrected chi connectivity index (χ2v) is 4.26. The molecule has 0 saturated carbocycles. The summed E-state index contributed by atoms with van der Waals surface area (Å²) in [5, 5.41) is 8.85. The van der Waals surface area contributed by atoms with Crippen LogP contribution in [0.3, 0.4) is 0 Å². The first-order chi connectivity index (χ1) is 9.45. The zero-order valence-corrected chi connectivity index (χ0v) is 11.2. The Morgan fingerprint density at radius 1 is 1.30 bits per heavy atom. The predicted molar refractivity (Wildman–Crippen MR) is 71.2 cm³/mol. The molecule has 0 bridgehead atoms. The number of nitrogens with two attached hydrogens (primary N) is 1. The minimum absolute atomic E-state index is 0.0118.